The van der Waals surface area contributed by atoms with E-state index >= 15 is 8.78 Å². The van der Waals surface area contributed by atoms with Crippen LogP contribution in [0.4, 0.5) is 20.3 Å². The largest absolute Gasteiger partial charge is 0.398 e. The highest BCUT2D eigenvalue weighted by Crippen LogP contribution is 2.36. The lowest BCUT2D eigenvalue weighted by molar-refractivity contribution is -0.128. The first kappa shape index (κ1) is 32.7. The zero-order valence-electron chi connectivity index (χ0n) is 27.4. The topological polar surface area (TPSA) is 101 Å². The number of nitrogens with zero attached hydrogens (tertiary/aromatic N) is 6. The Morgan fingerprint density at radius 1 is 1.11 bits per heavy atom. The summed E-state index contributed by atoms with van der Waals surface area (Å²) < 4.78 is 32.7. The quantitative estimate of drug-likeness (QED) is 0.216. The number of aromatic nitrogens is 3. The van der Waals surface area contributed by atoms with Gasteiger partial charge in [-0.1, -0.05) is 38.6 Å². The molecule has 2 aromatic heterocycles. The van der Waals surface area contributed by atoms with Crippen molar-refractivity contribution >= 4 is 28.4 Å². The van der Waals surface area contributed by atoms with Gasteiger partial charge < -0.3 is 20.4 Å². The number of fused-ring (bicyclic) bond motifs is 1. The van der Waals surface area contributed by atoms with Crippen molar-refractivity contribution in [1.29, 1.82) is 0 Å². The van der Waals surface area contributed by atoms with Crippen molar-refractivity contribution in [3.63, 3.8) is 0 Å². The molecule has 2 aromatic carbocycles. The zero-order chi connectivity index (χ0) is 33.6. The number of hydrogen-bond acceptors (Lipinski definition) is 7. The number of amides is 1. The van der Waals surface area contributed by atoms with E-state index in [1.165, 1.54) is 34.9 Å². The number of rotatable bonds is 7. The van der Waals surface area contributed by atoms with Gasteiger partial charge in [-0.3, -0.25) is 4.79 Å². The number of nitrogen functional groups attached to an aromatic ring is 1. The number of carbonyl (C=O) groups excluding carboxylic acids is 1. The van der Waals surface area contributed by atoms with E-state index in [1.807, 2.05) is 59.7 Å². The third-order valence-corrected chi connectivity index (χ3v) is 8.53. The van der Waals surface area contributed by atoms with Gasteiger partial charge in [-0.05, 0) is 81.7 Å². The minimum Gasteiger partial charge on any atom is -0.398 e. The highest BCUT2D eigenvalue weighted by molar-refractivity contribution is 5.92. The molecule has 9 nitrogen and oxygen atoms in total. The molecule has 4 aromatic rings. The van der Waals surface area contributed by atoms with Gasteiger partial charge in [0.2, 0.25) is 5.91 Å². The van der Waals surface area contributed by atoms with E-state index in [-0.39, 0.29) is 57.7 Å². The van der Waals surface area contributed by atoms with Crippen molar-refractivity contribution < 1.29 is 13.6 Å². The average Bonchev–Trinajstić information content (AvgIpc) is 2.98. The average molecular weight is 630 g/mol. The Bertz CT molecular complexity index is 1880. The van der Waals surface area contributed by atoms with E-state index in [9.17, 15) is 9.59 Å². The zero-order valence-corrected chi connectivity index (χ0v) is 27.4. The molecule has 1 saturated heterocycles. The van der Waals surface area contributed by atoms with Gasteiger partial charge in [-0.15, -0.1) is 0 Å². The van der Waals surface area contributed by atoms with Gasteiger partial charge in [0.25, 0.3) is 0 Å². The maximum atomic E-state index is 16.1. The van der Waals surface area contributed by atoms with Crippen LogP contribution < -0.4 is 16.3 Å². The number of benzene rings is 2. The molecule has 0 aliphatic carbocycles. The molecular formula is C35H41F2N7O2. The molecular weight excluding hydrogens is 588 g/mol. The van der Waals surface area contributed by atoms with Gasteiger partial charge in [-0.2, -0.15) is 4.98 Å². The Hall–Kier alpha value is -4.64. The number of piperazine rings is 1. The number of carbonyl (C=O) groups is 1. The first-order valence-corrected chi connectivity index (χ1v) is 15.4. The summed E-state index contributed by atoms with van der Waals surface area (Å²) in [6, 6.07) is 8.95. The Kier molecular flexibility index (Phi) is 8.99. The second-order valence-corrected chi connectivity index (χ2v) is 12.7. The standard InChI is InChI=1S/C35H41F2N7O2/c1-9-29(45)42-16-22(6)43(17-21(42)5)33-25-15-27(37)31(30-26(36)11-10-12-28(30)38)39-34(25)44(35(46)40-33)32-20(4)13-23(18-41(7)8)14-24(32)19(2)3/h9-15,19,21-22H,1,16-18,38H2,2-8H3. The summed E-state index contributed by atoms with van der Waals surface area (Å²) in [6.07, 6.45) is 1.28. The lowest BCUT2D eigenvalue weighted by atomic mass is 9.94. The van der Waals surface area contributed by atoms with Crippen LogP contribution in [0.5, 0.6) is 0 Å². The van der Waals surface area contributed by atoms with Gasteiger partial charge in [-0.25, -0.2) is 23.1 Å². The van der Waals surface area contributed by atoms with Gasteiger partial charge >= 0.3 is 5.69 Å². The summed E-state index contributed by atoms with van der Waals surface area (Å²) in [5, 5.41) is 0.282. The van der Waals surface area contributed by atoms with Gasteiger partial charge in [0.1, 0.15) is 17.3 Å². The lowest BCUT2D eigenvalue weighted by Crippen LogP contribution is -2.58. The summed E-state index contributed by atoms with van der Waals surface area (Å²) in [7, 11) is 3.98. The number of aryl methyl sites for hydroxylation is 1. The molecule has 2 atom stereocenters. The van der Waals surface area contributed by atoms with E-state index in [4.69, 9.17) is 5.73 Å². The summed E-state index contributed by atoms with van der Waals surface area (Å²) >= 11 is 0. The molecule has 1 amide bonds. The van der Waals surface area contributed by atoms with E-state index < -0.39 is 17.3 Å². The van der Waals surface area contributed by atoms with E-state index in [1.54, 1.807) is 4.90 Å². The van der Waals surface area contributed by atoms with E-state index in [2.05, 4.69) is 27.5 Å². The fourth-order valence-corrected chi connectivity index (χ4v) is 6.42. The van der Waals surface area contributed by atoms with Crippen LogP contribution in [-0.4, -0.2) is 69.5 Å². The second-order valence-electron chi connectivity index (χ2n) is 12.7. The molecule has 46 heavy (non-hydrogen) atoms. The molecule has 2 unspecified atom stereocenters. The minimum atomic E-state index is -0.805. The summed E-state index contributed by atoms with van der Waals surface area (Å²) in [6.45, 7) is 14.8. The predicted molar refractivity (Wildman–Crippen MR) is 179 cm³/mol. The van der Waals surface area contributed by atoms with Crippen LogP contribution in [0.15, 0.2) is 53.8 Å². The van der Waals surface area contributed by atoms with Crippen LogP contribution >= 0.6 is 0 Å². The molecule has 0 saturated carbocycles. The number of pyridine rings is 1. The Labute approximate surface area is 268 Å². The monoisotopic (exact) mass is 629 g/mol. The summed E-state index contributed by atoms with van der Waals surface area (Å²) in [5.41, 5.74) is 8.58. The SMILES string of the molecule is C=CC(=O)N1CC(C)N(c2nc(=O)n(-c3c(C)cc(CN(C)C)cc3C(C)C)c3nc(-c4c(N)cccc4F)c(F)cc23)CC1C. The highest BCUT2D eigenvalue weighted by atomic mass is 19.1. The summed E-state index contributed by atoms with van der Waals surface area (Å²) in [5.74, 6) is -1.47. The minimum absolute atomic E-state index is 0.0101. The number of hydrogen-bond donors (Lipinski definition) is 1. The third kappa shape index (κ3) is 5.87. The van der Waals surface area contributed by atoms with Crippen molar-refractivity contribution in [1.82, 2.24) is 24.3 Å². The van der Waals surface area contributed by atoms with Crippen LogP contribution in [0.2, 0.25) is 0 Å². The molecule has 242 valence electrons. The highest BCUT2D eigenvalue weighted by Gasteiger charge is 2.34. The maximum absolute atomic E-state index is 16.1. The van der Waals surface area contributed by atoms with Crippen molar-refractivity contribution in [2.75, 3.05) is 37.8 Å². The van der Waals surface area contributed by atoms with Crippen molar-refractivity contribution in [3.8, 4) is 16.9 Å². The van der Waals surface area contributed by atoms with Crippen LogP contribution in [0, 0.1) is 18.6 Å². The smallest absolute Gasteiger partial charge is 0.355 e. The first-order valence-electron chi connectivity index (χ1n) is 15.4. The lowest BCUT2D eigenvalue weighted by Gasteiger charge is -2.44. The molecule has 1 aliphatic rings. The number of anilines is 2. The summed E-state index contributed by atoms with van der Waals surface area (Å²) in [4.78, 5) is 41.7. The maximum Gasteiger partial charge on any atom is 0.355 e. The Balaban J connectivity index is 1.85. The molecule has 11 heteroatoms. The number of halogens is 2. The fourth-order valence-electron chi connectivity index (χ4n) is 6.42. The normalized spacial score (nSPS) is 16.9. The Morgan fingerprint density at radius 3 is 2.46 bits per heavy atom. The van der Waals surface area contributed by atoms with Crippen molar-refractivity contribution in [2.45, 2.75) is 59.2 Å². The van der Waals surface area contributed by atoms with Crippen LogP contribution in [-0.2, 0) is 11.3 Å². The molecule has 3 heterocycles. The van der Waals surface area contributed by atoms with Crippen molar-refractivity contribution in [3.05, 3.63) is 87.9 Å². The fraction of sp³-hybridized carbons (Fsp3) is 0.371. The molecule has 0 spiro atoms. The van der Waals surface area contributed by atoms with Crippen LogP contribution in [0.25, 0.3) is 28.0 Å². The predicted octanol–water partition coefficient (Wildman–Crippen LogP) is 5.41. The van der Waals surface area contributed by atoms with E-state index in [0.717, 1.165) is 16.7 Å². The third-order valence-electron chi connectivity index (χ3n) is 8.53. The molecule has 1 aliphatic heterocycles. The second kappa shape index (κ2) is 12.6. The van der Waals surface area contributed by atoms with E-state index in [0.29, 0.717) is 25.3 Å². The molecule has 5 rings (SSSR count). The molecule has 0 radical (unpaired) electrons. The Morgan fingerprint density at radius 2 is 1.83 bits per heavy atom. The van der Waals surface area contributed by atoms with Gasteiger partial charge in [0.15, 0.2) is 11.5 Å². The molecule has 1 fully saturated rings. The molecule has 0 bridgehead atoms. The first-order chi connectivity index (χ1) is 21.7. The number of nitrogens with two attached hydrogens (primary N) is 1. The van der Waals surface area contributed by atoms with Gasteiger partial charge in [0, 0.05) is 37.4 Å². The molecule has 2 N–H and O–H groups in total. The van der Waals surface area contributed by atoms with Crippen LogP contribution in [0.3, 0.4) is 0 Å². The van der Waals surface area contributed by atoms with Gasteiger partial charge in [0.05, 0.1) is 16.6 Å². The van der Waals surface area contributed by atoms with Crippen LogP contribution in [0.1, 0.15) is 50.3 Å². The van der Waals surface area contributed by atoms with Crippen molar-refractivity contribution in [2.24, 2.45) is 0 Å².